The van der Waals surface area contributed by atoms with Gasteiger partial charge in [-0.15, -0.1) is 5.10 Å². The lowest BCUT2D eigenvalue weighted by atomic mass is 10.0. The van der Waals surface area contributed by atoms with Crippen LogP contribution in [0.1, 0.15) is 23.0 Å². The molecular formula is C22H27ClN6O. The van der Waals surface area contributed by atoms with Crippen LogP contribution in [0.4, 0.5) is 0 Å². The molecule has 1 fully saturated rings. The molecule has 3 aromatic rings. The maximum absolute atomic E-state index is 6.14. The van der Waals surface area contributed by atoms with Gasteiger partial charge in [-0.1, -0.05) is 54.1 Å². The first-order valence-electron chi connectivity index (χ1n) is 10.3. The van der Waals surface area contributed by atoms with Crippen molar-refractivity contribution < 1.29 is 4.74 Å². The Labute approximate surface area is 182 Å². The van der Waals surface area contributed by atoms with Crippen LogP contribution in [0.5, 0.6) is 0 Å². The Morgan fingerprint density at radius 3 is 2.43 bits per heavy atom. The van der Waals surface area contributed by atoms with Gasteiger partial charge in [0.1, 0.15) is 0 Å². The molecular weight excluding hydrogens is 400 g/mol. The van der Waals surface area contributed by atoms with Crippen LogP contribution >= 0.6 is 11.6 Å². The van der Waals surface area contributed by atoms with E-state index >= 15 is 0 Å². The van der Waals surface area contributed by atoms with Crippen molar-refractivity contribution in [1.29, 1.82) is 0 Å². The molecule has 0 aliphatic carbocycles. The van der Waals surface area contributed by atoms with E-state index in [2.05, 4.69) is 67.8 Å². The van der Waals surface area contributed by atoms with E-state index in [1.165, 1.54) is 5.56 Å². The number of nitrogens with zero attached hydrogens (tertiary/aromatic N) is 6. The standard InChI is InChI=1S/C22H27ClN6O/c1-30-16-15-29-22(24-25-26-29)21(19-7-9-20(23)10-8-19)28-13-11-27(12-14-28)17-18-5-3-2-4-6-18/h2-10,21H,11-17H2,1H3/t21-/m0/s1. The Hall–Kier alpha value is -2.32. The van der Waals surface area contributed by atoms with Crippen molar-refractivity contribution in [3.8, 4) is 0 Å². The SMILES string of the molecule is COCCn1nnnc1[C@H](c1ccc(Cl)cc1)N1CCN(Cc2ccccc2)CC1. The molecule has 1 atom stereocenters. The minimum atomic E-state index is -0.0204. The van der Waals surface area contributed by atoms with Gasteiger partial charge in [0.05, 0.1) is 19.2 Å². The molecule has 0 amide bonds. The molecule has 158 valence electrons. The molecule has 0 bridgehead atoms. The highest BCUT2D eigenvalue weighted by atomic mass is 35.5. The van der Waals surface area contributed by atoms with Crippen molar-refractivity contribution in [2.75, 3.05) is 39.9 Å². The van der Waals surface area contributed by atoms with Crippen LogP contribution in [-0.4, -0.2) is 69.9 Å². The van der Waals surface area contributed by atoms with E-state index < -0.39 is 0 Å². The van der Waals surface area contributed by atoms with Crippen molar-refractivity contribution in [3.63, 3.8) is 0 Å². The third kappa shape index (κ3) is 5.05. The van der Waals surface area contributed by atoms with Crippen LogP contribution < -0.4 is 0 Å². The van der Waals surface area contributed by atoms with Gasteiger partial charge in [0.15, 0.2) is 5.82 Å². The fourth-order valence-electron chi connectivity index (χ4n) is 3.93. The van der Waals surface area contributed by atoms with E-state index in [4.69, 9.17) is 16.3 Å². The van der Waals surface area contributed by atoms with Gasteiger partial charge < -0.3 is 4.74 Å². The Morgan fingerprint density at radius 2 is 1.73 bits per heavy atom. The third-order valence-electron chi connectivity index (χ3n) is 5.52. The van der Waals surface area contributed by atoms with Crippen LogP contribution in [0.2, 0.25) is 5.02 Å². The number of hydrogen-bond donors (Lipinski definition) is 0. The topological polar surface area (TPSA) is 59.3 Å². The minimum Gasteiger partial charge on any atom is -0.383 e. The van der Waals surface area contributed by atoms with Crippen molar-refractivity contribution >= 4 is 11.6 Å². The number of rotatable bonds is 8. The zero-order valence-corrected chi connectivity index (χ0v) is 17.9. The Bertz CT molecular complexity index is 909. The quantitative estimate of drug-likeness (QED) is 0.552. The normalized spacial score (nSPS) is 16.6. The zero-order valence-electron chi connectivity index (χ0n) is 17.2. The number of tetrazole rings is 1. The summed E-state index contributed by atoms with van der Waals surface area (Å²) in [6.07, 6.45) is 0. The summed E-state index contributed by atoms with van der Waals surface area (Å²) in [7, 11) is 1.69. The van der Waals surface area contributed by atoms with Crippen LogP contribution in [0.3, 0.4) is 0 Å². The number of halogens is 1. The fourth-order valence-corrected chi connectivity index (χ4v) is 4.06. The van der Waals surface area contributed by atoms with E-state index in [9.17, 15) is 0 Å². The highest BCUT2D eigenvalue weighted by Gasteiger charge is 2.30. The Balaban J connectivity index is 1.52. The number of piperazine rings is 1. The lowest BCUT2D eigenvalue weighted by Gasteiger charge is -2.39. The molecule has 1 aromatic heterocycles. The molecule has 0 N–H and O–H groups in total. The summed E-state index contributed by atoms with van der Waals surface area (Å²) in [6, 6.07) is 18.6. The first-order chi connectivity index (χ1) is 14.7. The molecule has 0 saturated carbocycles. The second kappa shape index (κ2) is 10.1. The lowest BCUT2D eigenvalue weighted by Crippen LogP contribution is -2.48. The molecule has 1 aliphatic rings. The summed E-state index contributed by atoms with van der Waals surface area (Å²) in [4.78, 5) is 4.96. The van der Waals surface area contributed by atoms with Gasteiger partial charge in [-0.25, -0.2) is 4.68 Å². The van der Waals surface area contributed by atoms with Crippen LogP contribution in [-0.2, 0) is 17.8 Å². The third-order valence-corrected chi connectivity index (χ3v) is 5.77. The van der Waals surface area contributed by atoms with Gasteiger partial charge in [0.2, 0.25) is 0 Å². The Morgan fingerprint density at radius 1 is 1.00 bits per heavy atom. The van der Waals surface area contributed by atoms with Crippen molar-refractivity contribution in [1.82, 2.24) is 30.0 Å². The number of benzene rings is 2. The highest BCUT2D eigenvalue weighted by Crippen LogP contribution is 2.29. The lowest BCUT2D eigenvalue weighted by molar-refractivity contribution is 0.0989. The summed E-state index contributed by atoms with van der Waals surface area (Å²) in [5, 5.41) is 13.3. The summed E-state index contributed by atoms with van der Waals surface area (Å²) >= 11 is 6.14. The maximum atomic E-state index is 6.14. The number of methoxy groups -OCH3 is 1. The molecule has 8 heteroatoms. The molecule has 7 nitrogen and oxygen atoms in total. The van der Waals surface area contributed by atoms with E-state index in [1.807, 2.05) is 16.8 Å². The number of ether oxygens (including phenoxy) is 1. The predicted molar refractivity (Wildman–Crippen MR) is 116 cm³/mol. The van der Waals surface area contributed by atoms with Crippen molar-refractivity contribution in [2.24, 2.45) is 0 Å². The largest absolute Gasteiger partial charge is 0.383 e. The van der Waals surface area contributed by atoms with Crippen LogP contribution in [0, 0.1) is 0 Å². The molecule has 1 aliphatic heterocycles. The summed E-state index contributed by atoms with van der Waals surface area (Å²) in [5.74, 6) is 0.839. The second-order valence-corrected chi connectivity index (χ2v) is 7.94. The number of aromatic nitrogens is 4. The molecule has 30 heavy (non-hydrogen) atoms. The summed E-state index contributed by atoms with van der Waals surface area (Å²) in [6.45, 7) is 6.05. The van der Waals surface area contributed by atoms with Crippen molar-refractivity contribution in [3.05, 3.63) is 76.6 Å². The first kappa shape index (κ1) is 20.9. The Kier molecular flexibility index (Phi) is 7.07. The van der Waals surface area contributed by atoms with E-state index in [0.717, 1.165) is 49.1 Å². The van der Waals surface area contributed by atoms with Gasteiger partial charge in [0.25, 0.3) is 0 Å². The van der Waals surface area contributed by atoms with Gasteiger partial charge in [-0.2, -0.15) is 0 Å². The smallest absolute Gasteiger partial charge is 0.173 e. The molecule has 2 aromatic carbocycles. The summed E-state index contributed by atoms with van der Waals surface area (Å²) < 4.78 is 7.08. The van der Waals surface area contributed by atoms with Gasteiger partial charge in [-0.05, 0) is 33.7 Å². The van der Waals surface area contributed by atoms with Gasteiger partial charge in [-0.3, -0.25) is 9.80 Å². The minimum absolute atomic E-state index is 0.0204. The van der Waals surface area contributed by atoms with E-state index in [0.29, 0.717) is 13.2 Å². The first-order valence-corrected chi connectivity index (χ1v) is 10.6. The molecule has 0 radical (unpaired) electrons. The van der Waals surface area contributed by atoms with E-state index in [1.54, 1.807) is 7.11 Å². The molecule has 0 spiro atoms. The summed E-state index contributed by atoms with van der Waals surface area (Å²) in [5.41, 5.74) is 2.49. The van der Waals surface area contributed by atoms with Crippen molar-refractivity contribution in [2.45, 2.75) is 19.1 Å². The molecule has 4 rings (SSSR count). The average Bonchev–Trinajstić information content (AvgIpc) is 3.24. The number of hydrogen-bond acceptors (Lipinski definition) is 6. The van der Waals surface area contributed by atoms with Gasteiger partial charge in [0, 0.05) is 44.9 Å². The second-order valence-electron chi connectivity index (χ2n) is 7.50. The average molecular weight is 427 g/mol. The maximum Gasteiger partial charge on any atom is 0.173 e. The highest BCUT2D eigenvalue weighted by molar-refractivity contribution is 6.30. The molecule has 0 unspecified atom stereocenters. The van der Waals surface area contributed by atoms with Crippen LogP contribution in [0.15, 0.2) is 54.6 Å². The monoisotopic (exact) mass is 426 g/mol. The van der Waals surface area contributed by atoms with E-state index in [-0.39, 0.29) is 6.04 Å². The zero-order chi connectivity index (χ0) is 20.8. The molecule has 2 heterocycles. The molecule has 1 saturated heterocycles. The van der Waals surface area contributed by atoms with Gasteiger partial charge >= 0.3 is 0 Å². The van der Waals surface area contributed by atoms with Crippen LogP contribution in [0.25, 0.3) is 0 Å². The predicted octanol–water partition coefficient (Wildman–Crippen LogP) is 2.88. The fraction of sp³-hybridized carbons (Fsp3) is 0.409.